The van der Waals surface area contributed by atoms with E-state index in [1.807, 2.05) is 20.8 Å². The highest BCUT2D eigenvalue weighted by molar-refractivity contribution is 5.94. The van der Waals surface area contributed by atoms with Gasteiger partial charge in [-0.3, -0.25) is 9.59 Å². The molecule has 5 nitrogen and oxygen atoms in total. The lowest BCUT2D eigenvalue weighted by Gasteiger charge is -2.19. The van der Waals surface area contributed by atoms with E-state index in [-0.39, 0.29) is 22.4 Å². The van der Waals surface area contributed by atoms with Gasteiger partial charge in [-0.15, -0.1) is 0 Å². The third-order valence-corrected chi connectivity index (χ3v) is 4.13. The Balaban J connectivity index is 2.86. The molecule has 1 atom stereocenters. The van der Waals surface area contributed by atoms with Crippen molar-refractivity contribution in [3.63, 3.8) is 0 Å². The average molecular weight is 321 g/mol. The summed E-state index contributed by atoms with van der Waals surface area (Å²) in [5.74, 6) is 0.734. The first-order valence-electron chi connectivity index (χ1n) is 8.60. The van der Waals surface area contributed by atoms with Crippen molar-refractivity contribution < 1.29 is 4.79 Å². The van der Waals surface area contributed by atoms with Gasteiger partial charge in [-0.2, -0.15) is 0 Å². The zero-order chi connectivity index (χ0) is 17.6. The van der Waals surface area contributed by atoms with Crippen LogP contribution in [0.15, 0.2) is 4.79 Å². The first-order chi connectivity index (χ1) is 10.7. The highest BCUT2D eigenvalue weighted by Crippen LogP contribution is 2.17. The molecule has 0 saturated heterocycles. The first kappa shape index (κ1) is 19.4. The maximum atomic E-state index is 12.4. The number of amides is 1. The lowest BCUT2D eigenvalue weighted by molar-refractivity contribution is 0.0943. The Morgan fingerprint density at radius 1 is 1.30 bits per heavy atom. The van der Waals surface area contributed by atoms with Crippen LogP contribution in [0.3, 0.4) is 0 Å². The van der Waals surface area contributed by atoms with E-state index in [9.17, 15) is 9.59 Å². The number of nitrogens with one attached hydrogen (secondary N) is 2. The molecule has 1 aromatic rings. The third-order valence-electron chi connectivity index (χ3n) is 4.13. The quantitative estimate of drug-likeness (QED) is 0.809. The van der Waals surface area contributed by atoms with Gasteiger partial charge in [-0.25, -0.2) is 4.98 Å². The summed E-state index contributed by atoms with van der Waals surface area (Å²) in [6, 6.07) is 0. The summed E-state index contributed by atoms with van der Waals surface area (Å²) in [5.41, 5.74) is -0.00509. The van der Waals surface area contributed by atoms with E-state index in [1.165, 1.54) is 0 Å². The van der Waals surface area contributed by atoms with Gasteiger partial charge >= 0.3 is 0 Å². The van der Waals surface area contributed by atoms with Crippen LogP contribution < -0.4 is 10.9 Å². The molecule has 5 heteroatoms. The summed E-state index contributed by atoms with van der Waals surface area (Å²) in [6.07, 6.45) is 4.44. The first-order valence-corrected chi connectivity index (χ1v) is 8.60. The number of unbranched alkanes of at least 4 members (excludes halogenated alkanes) is 1. The number of nitrogens with zero attached hydrogens (tertiary/aromatic N) is 1. The van der Waals surface area contributed by atoms with Crippen LogP contribution in [0, 0.1) is 12.8 Å². The molecule has 2 N–H and O–H groups in total. The van der Waals surface area contributed by atoms with Gasteiger partial charge in [-0.05, 0) is 19.3 Å². The Bertz CT molecular complexity index is 585. The van der Waals surface area contributed by atoms with Crippen LogP contribution in [-0.4, -0.2) is 22.4 Å². The molecular formula is C18H31N3O2. The Kier molecular flexibility index (Phi) is 6.98. The molecule has 1 heterocycles. The van der Waals surface area contributed by atoms with E-state index in [0.29, 0.717) is 24.0 Å². The topological polar surface area (TPSA) is 74.8 Å². The van der Waals surface area contributed by atoms with Gasteiger partial charge in [0.25, 0.3) is 11.5 Å². The molecule has 1 aromatic heterocycles. The normalized spacial score (nSPS) is 13.0. The van der Waals surface area contributed by atoms with Crippen LogP contribution in [0.25, 0.3) is 0 Å². The van der Waals surface area contributed by atoms with Crippen molar-refractivity contribution in [2.24, 2.45) is 5.92 Å². The van der Waals surface area contributed by atoms with Crippen molar-refractivity contribution in [2.75, 3.05) is 6.54 Å². The van der Waals surface area contributed by atoms with E-state index >= 15 is 0 Å². The van der Waals surface area contributed by atoms with Crippen molar-refractivity contribution in [2.45, 2.75) is 72.6 Å². The third kappa shape index (κ3) is 5.48. The predicted octanol–water partition coefficient (Wildman–Crippen LogP) is 3.32. The molecule has 23 heavy (non-hydrogen) atoms. The van der Waals surface area contributed by atoms with Crippen molar-refractivity contribution in [1.29, 1.82) is 0 Å². The van der Waals surface area contributed by atoms with Gasteiger partial charge in [0.1, 0.15) is 11.4 Å². The molecule has 130 valence electrons. The second-order valence-electron chi connectivity index (χ2n) is 7.25. The van der Waals surface area contributed by atoms with Gasteiger partial charge in [-0.1, -0.05) is 53.9 Å². The zero-order valence-corrected chi connectivity index (χ0v) is 15.4. The molecule has 1 rings (SSSR count). The molecular weight excluding hydrogens is 290 g/mol. The number of carbonyl (C=O) groups is 1. The van der Waals surface area contributed by atoms with E-state index < -0.39 is 0 Å². The van der Waals surface area contributed by atoms with Gasteiger partial charge in [0.15, 0.2) is 0 Å². The Morgan fingerprint density at radius 2 is 1.96 bits per heavy atom. The maximum Gasteiger partial charge on any atom is 0.264 e. The van der Waals surface area contributed by atoms with Gasteiger partial charge in [0.2, 0.25) is 0 Å². The predicted molar refractivity (Wildman–Crippen MR) is 93.9 cm³/mol. The van der Waals surface area contributed by atoms with Gasteiger partial charge < -0.3 is 10.3 Å². The van der Waals surface area contributed by atoms with E-state index in [1.54, 1.807) is 6.92 Å². The molecule has 1 amide bonds. The number of H-pyrrole nitrogens is 1. The minimum absolute atomic E-state index is 0.128. The number of aromatic amines is 1. The van der Waals surface area contributed by atoms with Crippen LogP contribution in [0.1, 0.15) is 82.2 Å². The summed E-state index contributed by atoms with van der Waals surface area (Å²) >= 11 is 0. The highest BCUT2D eigenvalue weighted by atomic mass is 16.2. The molecule has 0 spiro atoms. The van der Waals surface area contributed by atoms with E-state index in [0.717, 1.165) is 25.7 Å². The molecule has 0 bridgehead atoms. The Morgan fingerprint density at radius 3 is 2.43 bits per heavy atom. The van der Waals surface area contributed by atoms with Crippen molar-refractivity contribution in [3.8, 4) is 0 Å². The average Bonchev–Trinajstić information content (AvgIpc) is 2.45. The lowest BCUT2D eigenvalue weighted by atomic mass is 9.95. The smallest absolute Gasteiger partial charge is 0.264 e. The van der Waals surface area contributed by atoms with Crippen molar-refractivity contribution in [1.82, 2.24) is 15.3 Å². The monoisotopic (exact) mass is 321 g/mol. The number of aryl methyl sites for hydroxylation is 1. The van der Waals surface area contributed by atoms with Gasteiger partial charge in [0, 0.05) is 12.0 Å². The van der Waals surface area contributed by atoms with E-state index in [2.05, 4.69) is 29.1 Å². The lowest BCUT2D eigenvalue weighted by Crippen LogP contribution is -2.36. The Hall–Kier alpha value is -1.65. The fraction of sp³-hybridized carbons (Fsp3) is 0.722. The summed E-state index contributed by atoms with van der Waals surface area (Å²) in [6.45, 7) is 12.5. The second kappa shape index (κ2) is 8.27. The summed E-state index contributed by atoms with van der Waals surface area (Å²) in [7, 11) is 0. The van der Waals surface area contributed by atoms with Crippen molar-refractivity contribution >= 4 is 5.91 Å². The SMILES string of the molecule is CCCCC(CC)CNC(=O)c1c(C)nc(C(C)(C)C)[nH]c1=O. The van der Waals surface area contributed by atoms with Crippen LogP contribution in [0.2, 0.25) is 0 Å². The number of aromatic nitrogens is 2. The standard InChI is InChI=1S/C18H31N3O2/c1-7-9-10-13(8-2)11-19-15(22)14-12(3)20-17(18(4,5)6)21-16(14)23/h13H,7-11H2,1-6H3,(H,19,22)(H,20,21,23). The summed E-state index contributed by atoms with van der Waals surface area (Å²) < 4.78 is 0. The Labute approximate surface area is 139 Å². The number of hydrogen-bond donors (Lipinski definition) is 2. The maximum absolute atomic E-state index is 12.4. The van der Waals surface area contributed by atoms with Crippen LogP contribution >= 0.6 is 0 Å². The molecule has 1 unspecified atom stereocenters. The molecule has 0 fully saturated rings. The fourth-order valence-electron chi connectivity index (χ4n) is 2.48. The number of carbonyl (C=O) groups excluding carboxylic acids is 1. The van der Waals surface area contributed by atoms with Crippen LogP contribution in [0.5, 0.6) is 0 Å². The largest absolute Gasteiger partial charge is 0.352 e. The molecule has 0 aliphatic heterocycles. The number of hydrogen-bond acceptors (Lipinski definition) is 3. The van der Waals surface area contributed by atoms with Crippen molar-refractivity contribution in [3.05, 3.63) is 27.4 Å². The molecule has 0 radical (unpaired) electrons. The van der Waals surface area contributed by atoms with Crippen LogP contribution in [-0.2, 0) is 5.41 Å². The second-order valence-corrected chi connectivity index (χ2v) is 7.25. The fourth-order valence-corrected chi connectivity index (χ4v) is 2.48. The minimum atomic E-state index is -0.360. The zero-order valence-electron chi connectivity index (χ0n) is 15.4. The molecule has 0 aromatic carbocycles. The number of rotatable bonds is 7. The van der Waals surface area contributed by atoms with Gasteiger partial charge in [0.05, 0.1) is 5.69 Å². The van der Waals surface area contributed by atoms with Crippen LogP contribution in [0.4, 0.5) is 0 Å². The summed E-state index contributed by atoms with van der Waals surface area (Å²) in [4.78, 5) is 31.8. The molecule has 0 aliphatic carbocycles. The molecule has 0 saturated carbocycles. The molecule has 0 aliphatic rings. The summed E-state index contributed by atoms with van der Waals surface area (Å²) in [5, 5.41) is 2.90. The minimum Gasteiger partial charge on any atom is -0.352 e. The van der Waals surface area contributed by atoms with E-state index in [4.69, 9.17) is 0 Å². The highest BCUT2D eigenvalue weighted by Gasteiger charge is 2.22.